The van der Waals surface area contributed by atoms with Gasteiger partial charge in [0.2, 0.25) is 5.91 Å². The third-order valence-electron chi connectivity index (χ3n) is 7.10. The van der Waals surface area contributed by atoms with Crippen LogP contribution >= 0.6 is 0 Å². The Morgan fingerprint density at radius 3 is 2.40 bits per heavy atom. The fourth-order valence-corrected chi connectivity index (χ4v) is 4.96. The molecule has 3 aromatic rings. The highest BCUT2D eigenvalue weighted by Gasteiger charge is 2.55. The topological polar surface area (TPSA) is 88.3 Å². The van der Waals surface area contributed by atoms with Crippen molar-refractivity contribution in [3.05, 3.63) is 95.3 Å². The minimum atomic E-state index is -0.940. The first-order valence-corrected chi connectivity index (χ1v) is 11.7. The average molecular weight is 477 g/mol. The number of hydrogen-bond donors (Lipinski definition) is 2. The molecule has 1 aliphatic carbocycles. The van der Waals surface area contributed by atoms with Gasteiger partial charge in [-0.25, -0.2) is 8.78 Å². The molecule has 2 fully saturated rings. The molecule has 2 amide bonds. The van der Waals surface area contributed by atoms with Crippen molar-refractivity contribution in [3.63, 3.8) is 0 Å². The zero-order chi connectivity index (χ0) is 24.6. The Bertz CT molecular complexity index is 1250. The van der Waals surface area contributed by atoms with Crippen LogP contribution in [0.5, 0.6) is 0 Å². The first-order valence-electron chi connectivity index (χ1n) is 11.7. The zero-order valence-corrected chi connectivity index (χ0v) is 19.1. The molecule has 2 atom stereocenters. The molecule has 1 saturated carbocycles. The monoisotopic (exact) mass is 476 g/mol. The number of nitrogens with one attached hydrogen (secondary N) is 1. The molecule has 2 unspecified atom stereocenters. The summed E-state index contributed by atoms with van der Waals surface area (Å²) in [5, 5.41) is 2.82. The number of likely N-dealkylation sites (tertiary alicyclic amines) is 1. The molecule has 2 aliphatic rings. The Labute approximate surface area is 202 Å². The number of pyridine rings is 1. The number of aromatic nitrogens is 1. The number of nitrogens with zero attached hydrogens (tertiary/aromatic N) is 2. The maximum absolute atomic E-state index is 13.9. The lowest BCUT2D eigenvalue weighted by Gasteiger charge is -2.33. The summed E-state index contributed by atoms with van der Waals surface area (Å²) in [6.07, 6.45) is 6.00. The lowest BCUT2D eigenvalue weighted by Crippen LogP contribution is -2.46. The summed E-state index contributed by atoms with van der Waals surface area (Å²) < 4.78 is 27.3. The van der Waals surface area contributed by atoms with Gasteiger partial charge >= 0.3 is 0 Å². The fourth-order valence-electron chi connectivity index (χ4n) is 4.96. The van der Waals surface area contributed by atoms with Crippen molar-refractivity contribution in [2.24, 2.45) is 5.73 Å². The first kappa shape index (κ1) is 23.1. The van der Waals surface area contributed by atoms with E-state index in [9.17, 15) is 18.4 Å². The molecule has 0 spiro atoms. The van der Waals surface area contributed by atoms with E-state index >= 15 is 0 Å². The van der Waals surface area contributed by atoms with Gasteiger partial charge in [-0.1, -0.05) is 18.2 Å². The van der Waals surface area contributed by atoms with Crippen LogP contribution in [0.3, 0.4) is 0 Å². The zero-order valence-electron chi connectivity index (χ0n) is 19.1. The molecule has 0 bridgehead atoms. The Kier molecular flexibility index (Phi) is 6.06. The lowest BCUT2D eigenvalue weighted by atomic mass is 9.92. The molecule has 180 valence electrons. The second-order valence-electron chi connectivity index (χ2n) is 9.26. The van der Waals surface area contributed by atoms with E-state index in [2.05, 4.69) is 10.3 Å². The van der Waals surface area contributed by atoms with Gasteiger partial charge in [-0.15, -0.1) is 0 Å². The normalized spacial score (nSPS) is 19.3. The lowest BCUT2D eigenvalue weighted by molar-refractivity contribution is -0.135. The summed E-state index contributed by atoms with van der Waals surface area (Å²) in [6, 6.07) is 13.6. The van der Waals surface area contributed by atoms with Crippen LogP contribution in [0, 0.1) is 11.6 Å². The van der Waals surface area contributed by atoms with Crippen LogP contribution in [-0.4, -0.2) is 34.3 Å². The third-order valence-corrected chi connectivity index (χ3v) is 7.10. The number of halogens is 2. The molecular weight excluding hydrogens is 450 g/mol. The van der Waals surface area contributed by atoms with Crippen LogP contribution in [0.2, 0.25) is 0 Å². The van der Waals surface area contributed by atoms with Crippen LogP contribution in [-0.2, 0) is 10.2 Å². The number of carbonyl (C=O) groups is 2. The van der Waals surface area contributed by atoms with E-state index in [4.69, 9.17) is 5.73 Å². The van der Waals surface area contributed by atoms with Crippen molar-refractivity contribution in [2.45, 2.75) is 43.2 Å². The van der Waals surface area contributed by atoms with Crippen LogP contribution in [0.1, 0.15) is 53.2 Å². The van der Waals surface area contributed by atoms with Crippen molar-refractivity contribution in [1.82, 2.24) is 9.88 Å². The van der Waals surface area contributed by atoms with E-state index in [0.29, 0.717) is 36.2 Å². The second-order valence-corrected chi connectivity index (χ2v) is 9.26. The molecule has 35 heavy (non-hydrogen) atoms. The summed E-state index contributed by atoms with van der Waals surface area (Å²) >= 11 is 0. The summed E-state index contributed by atoms with van der Waals surface area (Å²) in [4.78, 5) is 31.8. The number of anilines is 1. The first-order chi connectivity index (χ1) is 16.9. The van der Waals surface area contributed by atoms with Crippen molar-refractivity contribution in [3.8, 4) is 0 Å². The maximum Gasteiger partial charge on any atom is 0.255 e. The van der Waals surface area contributed by atoms with E-state index in [0.717, 1.165) is 30.5 Å². The van der Waals surface area contributed by atoms with Gasteiger partial charge in [-0.2, -0.15) is 0 Å². The summed E-state index contributed by atoms with van der Waals surface area (Å²) in [5.41, 5.74) is 8.31. The highest BCUT2D eigenvalue weighted by molar-refractivity contribution is 6.04. The van der Waals surface area contributed by atoms with E-state index in [1.807, 2.05) is 17.0 Å². The maximum atomic E-state index is 13.9. The van der Waals surface area contributed by atoms with Crippen LogP contribution in [0.25, 0.3) is 0 Å². The number of hydrogen-bond acceptors (Lipinski definition) is 4. The largest absolute Gasteiger partial charge is 0.337 e. The number of benzene rings is 2. The molecule has 1 aromatic heterocycles. The van der Waals surface area contributed by atoms with Gasteiger partial charge in [-0.05, 0) is 73.2 Å². The van der Waals surface area contributed by atoms with Gasteiger partial charge in [-0.3, -0.25) is 14.6 Å². The molecule has 1 saturated heterocycles. The number of nitrogens with two attached hydrogens (primary N) is 1. The highest BCUT2D eigenvalue weighted by atomic mass is 19.2. The van der Waals surface area contributed by atoms with Gasteiger partial charge in [0.1, 0.15) is 0 Å². The van der Waals surface area contributed by atoms with Crippen LogP contribution < -0.4 is 11.1 Å². The Morgan fingerprint density at radius 1 is 1.03 bits per heavy atom. The molecule has 6 nitrogen and oxygen atoms in total. The van der Waals surface area contributed by atoms with E-state index in [1.165, 1.54) is 6.07 Å². The Morgan fingerprint density at radius 2 is 1.74 bits per heavy atom. The van der Waals surface area contributed by atoms with E-state index < -0.39 is 23.1 Å². The van der Waals surface area contributed by atoms with Crippen molar-refractivity contribution in [2.75, 3.05) is 11.9 Å². The molecule has 0 radical (unpaired) electrons. The van der Waals surface area contributed by atoms with Crippen LogP contribution in [0.15, 0.2) is 67.0 Å². The number of carbonyl (C=O) groups excluding carboxylic acids is 2. The summed E-state index contributed by atoms with van der Waals surface area (Å²) in [7, 11) is 0. The summed E-state index contributed by atoms with van der Waals surface area (Å²) in [5.74, 6) is -2.17. The Balaban J connectivity index is 1.30. The number of rotatable bonds is 6. The van der Waals surface area contributed by atoms with Gasteiger partial charge < -0.3 is 16.0 Å². The highest BCUT2D eigenvalue weighted by Crippen LogP contribution is 2.51. The van der Waals surface area contributed by atoms with Gasteiger partial charge in [0.15, 0.2) is 11.6 Å². The SMILES string of the molecule is NC(c1ccc(C(=O)Nc2ccncc2)cc1)C1CCCN1C(=O)C1(c2ccc(F)c(F)c2)CC1. The van der Waals surface area contributed by atoms with E-state index in [1.54, 1.807) is 36.7 Å². The fraction of sp³-hybridized carbons (Fsp3) is 0.296. The van der Waals surface area contributed by atoms with Crippen molar-refractivity contribution in [1.29, 1.82) is 0 Å². The smallest absolute Gasteiger partial charge is 0.255 e. The van der Waals surface area contributed by atoms with Gasteiger partial charge in [0.05, 0.1) is 17.5 Å². The minimum absolute atomic E-state index is 0.0743. The van der Waals surface area contributed by atoms with Crippen molar-refractivity contribution >= 4 is 17.5 Å². The minimum Gasteiger partial charge on any atom is -0.337 e. The molecule has 5 rings (SSSR count). The molecule has 2 heterocycles. The molecule has 8 heteroatoms. The van der Waals surface area contributed by atoms with Gasteiger partial charge in [0, 0.05) is 30.2 Å². The summed E-state index contributed by atoms with van der Waals surface area (Å²) in [6.45, 7) is 0.578. The molecule has 2 aromatic carbocycles. The predicted molar refractivity (Wildman–Crippen MR) is 128 cm³/mol. The number of amides is 2. The van der Waals surface area contributed by atoms with E-state index in [-0.39, 0.29) is 17.9 Å². The molecular formula is C27H26F2N4O2. The van der Waals surface area contributed by atoms with Gasteiger partial charge in [0.25, 0.3) is 5.91 Å². The third kappa shape index (κ3) is 4.41. The molecule has 3 N–H and O–H groups in total. The van der Waals surface area contributed by atoms with Crippen molar-refractivity contribution < 1.29 is 18.4 Å². The predicted octanol–water partition coefficient (Wildman–Crippen LogP) is 4.33. The molecule has 1 aliphatic heterocycles. The standard InChI is InChI=1S/C27H26F2N4O2/c28-21-8-7-19(16-22(21)29)27(11-12-27)26(35)33-15-1-2-23(33)24(30)17-3-5-18(6-4-17)25(34)32-20-9-13-31-14-10-20/h3-10,13-14,16,23-24H,1-2,11-12,15,30H2,(H,31,32,34). The Hall–Kier alpha value is -3.65. The average Bonchev–Trinajstić information content (AvgIpc) is 3.54. The second kappa shape index (κ2) is 9.19. The van der Waals surface area contributed by atoms with Crippen LogP contribution in [0.4, 0.5) is 14.5 Å². The quantitative estimate of drug-likeness (QED) is 0.554.